The van der Waals surface area contributed by atoms with E-state index in [4.69, 9.17) is 4.74 Å². The molecule has 3 rings (SSSR count). The number of aromatic nitrogens is 2. The Morgan fingerprint density at radius 3 is 2.88 bits per heavy atom. The third-order valence-corrected chi connectivity index (χ3v) is 4.39. The summed E-state index contributed by atoms with van der Waals surface area (Å²) >= 11 is 0. The van der Waals surface area contributed by atoms with Crippen LogP contribution in [-0.4, -0.2) is 38.8 Å². The molecule has 0 fully saturated rings. The lowest BCUT2D eigenvalue weighted by Crippen LogP contribution is -2.38. The van der Waals surface area contributed by atoms with Crippen LogP contribution in [0.4, 0.5) is 0 Å². The molecule has 0 saturated heterocycles. The van der Waals surface area contributed by atoms with Crippen molar-refractivity contribution in [1.82, 2.24) is 14.7 Å². The lowest BCUT2D eigenvalue weighted by atomic mass is 10.2. The van der Waals surface area contributed by atoms with Gasteiger partial charge in [-0.2, -0.15) is 5.10 Å². The Morgan fingerprint density at radius 2 is 2.12 bits per heavy atom. The number of amides is 1. The first-order chi connectivity index (χ1) is 12.1. The second kappa shape index (κ2) is 8.27. The van der Waals surface area contributed by atoms with Crippen LogP contribution in [0.1, 0.15) is 42.8 Å². The number of hydrogen-bond donors (Lipinski definition) is 1. The molecular formula is C19H25N3O3. The van der Waals surface area contributed by atoms with Crippen molar-refractivity contribution in [3.8, 4) is 0 Å². The summed E-state index contributed by atoms with van der Waals surface area (Å²) in [6.45, 7) is 4.77. The van der Waals surface area contributed by atoms with Crippen molar-refractivity contribution < 1.29 is 14.6 Å². The number of ether oxygens (including phenoxy) is 1. The minimum absolute atomic E-state index is 0.148. The van der Waals surface area contributed by atoms with E-state index in [0.29, 0.717) is 45.0 Å². The predicted molar refractivity (Wildman–Crippen MR) is 93.6 cm³/mol. The molecule has 134 valence electrons. The van der Waals surface area contributed by atoms with Crippen molar-refractivity contribution in [2.45, 2.75) is 45.6 Å². The van der Waals surface area contributed by atoms with Crippen LogP contribution < -0.4 is 0 Å². The molecule has 0 unspecified atom stereocenters. The zero-order chi connectivity index (χ0) is 17.6. The molecule has 1 aromatic heterocycles. The van der Waals surface area contributed by atoms with E-state index in [9.17, 15) is 9.90 Å². The molecule has 0 spiro atoms. The summed E-state index contributed by atoms with van der Waals surface area (Å²) in [7, 11) is 0. The minimum atomic E-state index is -0.580. The third kappa shape index (κ3) is 4.67. The van der Waals surface area contributed by atoms with Crippen LogP contribution in [0, 0.1) is 0 Å². The third-order valence-electron chi connectivity index (χ3n) is 4.39. The molecule has 25 heavy (non-hydrogen) atoms. The fraction of sp³-hybridized carbons (Fsp3) is 0.474. The molecule has 0 saturated carbocycles. The Kier molecular flexibility index (Phi) is 5.83. The Labute approximate surface area is 148 Å². The van der Waals surface area contributed by atoms with E-state index in [2.05, 4.69) is 5.10 Å². The number of carbonyl (C=O) groups is 1. The molecule has 1 atom stereocenters. The van der Waals surface area contributed by atoms with Gasteiger partial charge in [-0.15, -0.1) is 0 Å². The molecule has 1 aliphatic rings. The minimum Gasteiger partial charge on any atom is -0.387 e. The first-order valence-electron chi connectivity index (χ1n) is 8.77. The fourth-order valence-corrected chi connectivity index (χ4v) is 2.95. The summed E-state index contributed by atoms with van der Waals surface area (Å²) < 4.78 is 7.51. The van der Waals surface area contributed by atoms with Gasteiger partial charge in [0.25, 0.3) is 0 Å². The molecule has 1 aliphatic heterocycles. The van der Waals surface area contributed by atoms with Crippen molar-refractivity contribution >= 4 is 5.91 Å². The Balaban J connectivity index is 1.40. The van der Waals surface area contributed by atoms with E-state index in [0.717, 1.165) is 17.7 Å². The Hall–Kier alpha value is -2.18. The van der Waals surface area contributed by atoms with Crippen LogP contribution in [-0.2, 0) is 29.2 Å². The quantitative estimate of drug-likeness (QED) is 0.783. The van der Waals surface area contributed by atoms with Crippen molar-refractivity contribution in [2.24, 2.45) is 0 Å². The largest absolute Gasteiger partial charge is 0.387 e. The average molecular weight is 343 g/mol. The van der Waals surface area contributed by atoms with Crippen LogP contribution >= 0.6 is 0 Å². The summed E-state index contributed by atoms with van der Waals surface area (Å²) in [6.07, 6.45) is 0.635. The number of aliphatic hydroxyl groups excluding tert-OH is 1. The first kappa shape index (κ1) is 17.6. The number of carbonyl (C=O) groups excluding carboxylic acids is 1. The van der Waals surface area contributed by atoms with Gasteiger partial charge in [-0.3, -0.25) is 9.48 Å². The lowest BCUT2D eigenvalue weighted by molar-refractivity contribution is -0.133. The zero-order valence-corrected chi connectivity index (χ0v) is 14.6. The van der Waals surface area contributed by atoms with Crippen LogP contribution in [0.5, 0.6) is 0 Å². The zero-order valence-electron chi connectivity index (χ0n) is 14.6. The smallest absolute Gasteiger partial charge is 0.223 e. The number of fused-ring (bicyclic) bond motifs is 1. The number of benzene rings is 1. The Bertz CT molecular complexity index is 697. The normalized spacial score (nSPS) is 15.0. The second-order valence-corrected chi connectivity index (χ2v) is 6.42. The molecular weight excluding hydrogens is 318 g/mol. The molecule has 6 heteroatoms. The van der Waals surface area contributed by atoms with Gasteiger partial charge in [0.05, 0.1) is 37.2 Å². The van der Waals surface area contributed by atoms with E-state index in [1.165, 1.54) is 0 Å². The summed E-state index contributed by atoms with van der Waals surface area (Å²) in [5.41, 5.74) is 2.79. The van der Waals surface area contributed by atoms with Gasteiger partial charge in [0.1, 0.15) is 0 Å². The summed E-state index contributed by atoms with van der Waals surface area (Å²) in [5, 5.41) is 14.0. The Morgan fingerprint density at radius 1 is 1.32 bits per heavy atom. The van der Waals surface area contributed by atoms with E-state index in [1.807, 2.05) is 46.0 Å². The second-order valence-electron chi connectivity index (χ2n) is 6.42. The highest BCUT2D eigenvalue weighted by Crippen LogP contribution is 2.18. The maximum atomic E-state index is 12.4. The first-order valence-corrected chi connectivity index (χ1v) is 8.77. The van der Waals surface area contributed by atoms with Gasteiger partial charge in [0.2, 0.25) is 5.91 Å². The van der Waals surface area contributed by atoms with E-state index in [-0.39, 0.29) is 5.91 Å². The molecule has 0 aliphatic carbocycles. The molecule has 1 amide bonds. The van der Waals surface area contributed by atoms with Gasteiger partial charge in [-0.05, 0) is 25.0 Å². The highest BCUT2D eigenvalue weighted by Gasteiger charge is 2.22. The number of rotatable bonds is 7. The number of aliphatic hydroxyl groups is 1. The SMILES string of the molecule is C[C@H](O)c1cc2n(n1)CCN(C(=O)CCCOCc1ccccc1)C2. The number of nitrogens with zero attached hydrogens (tertiary/aromatic N) is 3. The maximum Gasteiger partial charge on any atom is 0.223 e. The van der Waals surface area contributed by atoms with E-state index >= 15 is 0 Å². The van der Waals surface area contributed by atoms with Gasteiger partial charge in [-0.25, -0.2) is 0 Å². The molecule has 1 N–H and O–H groups in total. The van der Waals surface area contributed by atoms with E-state index in [1.54, 1.807) is 6.92 Å². The number of hydrogen-bond acceptors (Lipinski definition) is 4. The van der Waals surface area contributed by atoms with E-state index < -0.39 is 6.10 Å². The molecule has 1 aromatic carbocycles. The molecule has 0 bridgehead atoms. The maximum absolute atomic E-state index is 12.4. The topological polar surface area (TPSA) is 67.6 Å². The van der Waals surface area contributed by atoms with Crippen LogP contribution in [0.15, 0.2) is 36.4 Å². The van der Waals surface area contributed by atoms with Crippen LogP contribution in [0.25, 0.3) is 0 Å². The van der Waals surface area contributed by atoms with Crippen molar-refractivity contribution in [1.29, 1.82) is 0 Å². The lowest BCUT2D eigenvalue weighted by Gasteiger charge is -2.27. The van der Waals surface area contributed by atoms with Gasteiger partial charge in [0.15, 0.2) is 0 Å². The predicted octanol–water partition coefficient (Wildman–Crippen LogP) is 2.28. The average Bonchev–Trinajstić information content (AvgIpc) is 3.06. The summed E-state index contributed by atoms with van der Waals surface area (Å²) in [6, 6.07) is 11.9. The standard InChI is InChI=1S/C19H25N3O3/c1-15(23)18-12-17-13-21(9-10-22(17)20-18)19(24)8-5-11-25-14-16-6-3-2-4-7-16/h2-4,6-7,12,15,23H,5,8-11,13-14H2,1H3/t15-/m0/s1. The van der Waals surface area contributed by atoms with Gasteiger partial charge >= 0.3 is 0 Å². The van der Waals surface area contributed by atoms with Crippen molar-refractivity contribution in [3.05, 3.63) is 53.3 Å². The van der Waals surface area contributed by atoms with Gasteiger partial charge in [0, 0.05) is 19.6 Å². The highest BCUT2D eigenvalue weighted by molar-refractivity contribution is 5.76. The van der Waals surface area contributed by atoms with Gasteiger partial charge in [-0.1, -0.05) is 30.3 Å². The fourth-order valence-electron chi connectivity index (χ4n) is 2.95. The monoisotopic (exact) mass is 343 g/mol. The molecule has 2 aromatic rings. The highest BCUT2D eigenvalue weighted by atomic mass is 16.5. The summed E-state index contributed by atoms with van der Waals surface area (Å²) in [5.74, 6) is 0.148. The summed E-state index contributed by atoms with van der Waals surface area (Å²) in [4.78, 5) is 14.2. The van der Waals surface area contributed by atoms with Crippen molar-refractivity contribution in [2.75, 3.05) is 13.2 Å². The molecule has 0 radical (unpaired) electrons. The van der Waals surface area contributed by atoms with Crippen molar-refractivity contribution in [3.63, 3.8) is 0 Å². The molecule has 2 heterocycles. The van der Waals surface area contributed by atoms with Crippen LogP contribution in [0.3, 0.4) is 0 Å². The van der Waals surface area contributed by atoms with Crippen LogP contribution in [0.2, 0.25) is 0 Å². The molecule has 6 nitrogen and oxygen atoms in total. The van der Waals surface area contributed by atoms with Gasteiger partial charge < -0.3 is 14.7 Å².